The molecule has 1 rings (SSSR count). The second kappa shape index (κ2) is 7.73. The Kier molecular flexibility index (Phi) is 6.27. The molecule has 0 aromatic heterocycles. The van der Waals surface area contributed by atoms with Gasteiger partial charge in [0.05, 0.1) is 0 Å². The zero-order valence-corrected chi connectivity index (χ0v) is 11.6. The van der Waals surface area contributed by atoms with Gasteiger partial charge in [-0.05, 0) is 27.1 Å². The predicted molar refractivity (Wildman–Crippen MR) is 70.4 cm³/mol. The molecule has 0 aromatic carbocycles. The number of carbonyl (C=O) groups excluding carboxylic acids is 3. The SMILES string of the molecule is CN(C)CCCNC(=O)C(=O)N1CCN(C=O)CC1. The van der Waals surface area contributed by atoms with Crippen LogP contribution in [-0.2, 0) is 14.4 Å². The largest absolute Gasteiger partial charge is 0.348 e. The minimum absolute atomic E-state index is 0.419. The fourth-order valence-corrected chi connectivity index (χ4v) is 1.85. The standard InChI is InChI=1S/C12H22N4O3/c1-14(2)5-3-4-13-11(18)12(19)16-8-6-15(10-17)7-9-16/h10H,3-9H2,1-2H3,(H,13,18). The fourth-order valence-electron chi connectivity index (χ4n) is 1.85. The molecule has 0 spiro atoms. The highest BCUT2D eigenvalue weighted by molar-refractivity contribution is 6.35. The van der Waals surface area contributed by atoms with E-state index in [0.29, 0.717) is 32.7 Å². The van der Waals surface area contributed by atoms with Crippen LogP contribution in [0.4, 0.5) is 0 Å². The van der Waals surface area contributed by atoms with Crippen molar-refractivity contribution < 1.29 is 14.4 Å². The Balaban J connectivity index is 2.25. The molecule has 0 aliphatic carbocycles. The Labute approximate surface area is 113 Å². The maximum absolute atomic E-state index is 11.8. The zero-order chi connectivity index (χ0) is 14.3. The first-order valence-electron chi connectivity index (χ1n) is 6.45. The van der Waals surface area contributed by atoms with E-state index in [1.165, 1.54) is 4.90 Å². The summed E-state index contributed by atoms with van der Waals surface area (Å²) in [6.45, 7) is 3.18. The summed E-state index contributed by atoms with van der Waals surface area (Å²) >= 11 is 0. The molecular formula is C12H22N4O3. The van der Waals surface area contributed by atoms with Crippen LogP contribution >= 0.6 is 0 Å². The van der Waals surface area contributed by atoms with E-state index in [0.717, 1.165) is 19.4 Å². The van der Waals surface area contributed by atoms with Crippen LogP contribution in [0.1, 0.15) is 6.42 Å². The van der Waals surface area contributed by atoms with Gasteiger partial charge < -0.3 is 20.0 Å². The molecule has 7 nitrogen and oxygen atoms in total. The normalized spacial score (nSPS) is 15.5. The van der Waals surface area contributed by atoms with Crippen molar-refractivity contribution in [1.29, 1.82) is 0 Å². The van der Waals surface area contributed by atoms with Gasteiger partial charge in [0.1, 0.15) is 0 Å². The maximum atomic E-state index is 11.8. The van der Waals surface area contributed by atoms with E-state index < -0.39 is 11.8 Å². The van der Waals surface area contributed by atoms with Crippen molar-refractivity contribution in [3.8, 4) is 0 Å². The van der Waals surface area contributed by atoms with E-state index >= 15 is 0 Å². The average Bonchev–Trinajstić information content (AvgIpc) is 2.42. The smallest absolute Gasteiger partial charge is 0.312 e. The third kappa shape index (κ3) is 5.25. The predicted octanol–water partition coefficient (Wildman–Crippen LogP) is -1.65. The van der Waals surface area contributed by atoms with Crippen LogP contribution in [0.15, 0.2) is 0 Å². The highest BCUT2D eigenvalue weighted by atomic mass is 16.2. The van der Waals surface area contributed by atoms with Gasteiger partial charge in [-0.2, -0.15) is 0 Å². The van der Waals surface area contributed by atoms with Crippen molar-refractivity contribution in [1.82, 2.24) is 20.0 Å². The Hall–Kier alpha value is -1.63. The van der Waals surface area contributed by atoms with Gasteiger partial charge in [-0.1, -0.05) is 0 Å². The monoisotopic (exact) mass is 270 g/mol. The van der Waals surface area contributed by atoms with Crippen molar-refractivity contribution >= 4 is 18.2 Å². The minimum atomic E-state index is -0.557. The van der Waals surface area contributed by atoms with Crippen LogP contribution in [0.3, 0.4) is 0 Å². The van der Waals surface area contributed by atoms with Gasteiger partial charge in [0.25, 0.3) is 0 Å². The number of amides is 3. The summed E-state index contributed by atoms with van der Waals surface area (Å²) in [5.74, 6) is -1.06. The highest BCUT2D eigenvalue weighted by Gasteiger charge is 2.24. The van der Waals surface area contributed by atoms with Crippen LogP contribution in [0, 0.1) is 0 Å². The van der Waals surface area contributed by atoms with Gasteiger partial charge >= 0.3 is 11.8 Å². The van der Waals surface area contributed by atoms with Crippen LogP contribution in [0.5, 0.6) is 0 Å². The lowest BCUT2D eigenvalue weighted by atomic mass is 10.3. The third-order valence-electron chi connectivity index (χ3n) is 3.01. The molecule has 0 aromatic rings. The molecule has 3 amide bonds. The molecule has 0 saturated carbocycles. The number of rotatable bonds is 5. The van der Waals surface area contributed by atoms with Gasteiger partial charge in [-0.3, -0.25) is 14.4 Å². The van der Waals surface area contributed by atoms with Crippen LogP contribution in [-0.4, -0.2) is 86.3 Å². The number of hydrogen-bond donors (Lipinski definition) is 1. The molecule has 1 aliphatic rings. The van der Waals surface area contributed by atoms with E-state index in [4.69, 9.17) is 0 Å². The molecular weight excluding hydrogens is 248 g/mol. The molecule has 1 N–H and O–H groups in total. The van der Waals surface area contributed by atoms with E-state index in [1.54, 1.807) is 4.90 Å². The Morgan fingerprint density at radius 1 is 1.21 bits per heavy atom. The number of nitrogens with one attached hydrogen (secondary N) is 1. The molecule has 0 radical (unpaired) electrons. The topological polar surface area (TPSA) is 73.0 Å². The number of carbonyl (C=O) groups is 3. The molecule has 19 heavy (non-hydrogen) atoms. The summed E-state index contributed by atoms with van der Waals surface area (Å²) in [5.41, 5.74) is 0. The Morgan fingerprint density at radius 2 is 1.84 bits per heavy atom. The van der Waals surface area contributed by atoms with Crippen molar-refractivity contribution in [3.05, 3.63) is 0 Å². The second-order valence-corrected chi connectivity index (χ2v) is 4.85. The van der Waals surface area contributed by atoms with E-state index in [-0.39, 0.29) is 0 Å². The van der Waals surface area contributed by atoms with Gasteiger partial charge in [0, 0.05) is 32.7 Å². The van der Waals surface area contributed by atoms with Crippen LogP contribution in [0.2, 0.25) is 0 Å². The van der Waals surface area contributed by atoms with Gasteiger partial charge in [0.15, 0.2) is 0 Å². The quantitative estimate of drug-likeness (QED) is 0.369. The van der Waals surface area contributed by atoms with Gasteiger partial charge in [-0.25, -0.2) is 0 Å². The summed E-state index contributed by atoms with van der Waals surface area (Å²) in [6.07, 6.45) is 1.58. The molecule has 0 bridgehead atoms. The first-order valence-corrected chi connectivity index (χ1v) is 6.45. The summed E-state index contributed by atoms with van der Waals surface area (Å²) < 4.78 is 0. The minimum Gasteiger partial charge on any atom is -0.348 e. The Bertz CT molecular complexity index is 325. The lowest BCUT2D eigenvalue weighted by Crippen LogP contribution is -2.52. The second-order valence-electron chi connectivity index (χ2n) is 4.85. The van der Waals surface area contributed by atoms with Crippen molar-refractivity contribution in [2.24, 2.45) is 0 Å². The van der Waals surface area contributed by atoms with Crippen LogP contribution < -0.4 is 5.32 Å². The zero-order valence-electron chi connectivity index (χ0n) is 11.6. The fraction of sp³-hybridized carbons (Fsp3) is 0.750. The molecule has 1 aliphatic heterocycles. The number of hydrogen-bond acceptors (Lipinski definition) is 4. The average molecular weight is 270 g/mol. The lowest BCUT2D eigenvalue weighted by molar-refractivity contribution is -0.147. The van der Waals surface area contributed by atoms with Gasteiger partial charge in [-0.15, -0.1) is 0 Å². The molecule has 7 heteroatoms. The summed E-state index contributed by atoms with van der Waals surface area (Å²) in [6, 6.07) is 0. The molecule has 1 fully saturated rings. The lowest BCUT2D eigenvalue weighted by Gasteiger charge is -2.31. The summed E-state index contributed by atoms with van der Waals surface area (Å²) in [5, 5.41) is 2.62. The molecule has 1 heterocycles. The first-order chi connectivity index (χ1) is 9.04. The maximum Gasteiger partial charge on any atom is 0.312 e. The summed E-state index contributed by atoms with van der Waals surface area (Å²) in [7, 11) is 3.92. The molecule has 0 unspecified atom stereocenters. The van der Waals surface area contributed by atoms with E-state index in [9.17, 15) is 14.4 Å². The van der Waals surface area contributed by atoms with E-state index in [1.807, 2.05) is 19.0 Å². The van der Waals surface area contributed by atoms with Crippen LogP contribution in [0.25, 0.3) is 0 Å². The van der Waals surface area contributed by atoms with Crippen molar-refractivity contribution in [2.45, 2.75) is 6.42 Å². The summed E-state index contributed by atoms with van der Waals surface area (Å²) in [4.78, 5) is 39.1. The Morgan fingerprint density at radius 3 is 2.37 bits per heavy atom. The highest BCUT2D eigenvalue weighted by Crippen LogP contribution is 2.00. The van der Waals surface area contributed by atoms with Crippen molar-refractivity contribution in [2.75, 3.05) is 53.4 Å². The number of piperazine rings is 1. The number of nitrogens with zero attached hydrogens (tertiary/aromatic N) is 3. The van der Waals surface area contributed by atoms with Crippen molar-refractivity contribution in [3.63, 3.8) is 0 Å². The van der Waals surface area contributed by atoms with Gasteiger partial charge in [0.2, 0.25) is 6.41 Å². The third-order valence-corrected chi connectivity index (χ3v) is 3.01. The first kappa shape index (κ1) is 15.4. The van der Waals surface area contributed by atoms with E-state index in [2.05, 4.69) is 5.32 Å². The molecule has 108 valence electrons. The molecule has 0 atom stereocenters. The molecule has 1 saturated heterocycles.